The third-order valence-electron chi connectivity index (χ3n) is 4.80. The minimum absolute atomic E-state index is 0. The molecule has 1 saturated carbocycles. The molecule has 3 N–H and O–H groups in total. The lowest BCUT2D eigenvalue weighted by atomic mass is 9.97. The van der Waals surface area contributed by atoms with Crippen LogP contribution in [0.25, 0.3) is 0 Å². The van der Waals surface area contributed by atoms with Crippen molar-refractivity contribution in [1.82, 2.24) is 10.2 Å². The molecule has 130 valence electrons. The van der Waals surface area contributed by atoms with Gasteiger partial charge in [-0.25, -0.2) is 0 Å². The fraction of sp³-hybridized carbons (Fsp3) is 0.588. The van der Waals surface area contributed by atoms with E-state index in [0.29, 0.717) is 0 Å². The third kappa shape index (κ3) is 5.08. The highest BCUT2D eigenvalue weighted by atomic mass is 35.5. The molecule has 1 aromatic rings. The molecule has 3 rings (SSSR count). The zero-order chi connectivity index (χ0) is 14.7. The average molecular weight is 360 g/mol. The van der Waals surface area contributed by atoms with Crippen molar-refractivity contribution >= 4 is 30.7 Å². The molecule has 23 heavy (non-hydrogen) atoms. The molecule has 1 aliphatic carbocycles. The number of rotatable bonds is 4. The molecule has 1 unspecified atom stereocenters. The zero-order valence-corrected chi connectivity index (χ0v) is 15.0. The zero-order valence-electron chi connectivity index (χ0n) is 13.4. The van der Waals surface area contributed by atoms with Crippen LogP contribution < -0.4 is 11.1 Å². The van der Waals surface area contributed by atoms with Crippen LogP contribution in [0.1, 0.15) is 37.7 Å². The Bertz CT molecular complexity index is 492. The van der Waals surface area contributed by atoms with E-state index in [4.69, 9.17) is 5.73 Å². The first kappa shape index (κ1) is 20.2. The number of likely N-dealkylation sites (tertiary alicyclic amines) is 1. The van der Waals surface area contributed by atoms with Crippen LogP contribution in [0.2, 0.25) is 0 Å². The van der Waals surface area contributed by atoms with Crippen molar-refractivity contribution in [2.45, 2.75) is 50.2 Å². The molecule has 0 radical (unpaired) electrons. The second-order valence-electron chi connectivity index (χ2n) is 6.54. The molecule has 1 amide bonds. The molecule has 1 heterocycles. The summed E-state index contributed by atoms with van der Waals surface area (Å²) in [5, 5.41) is 3.17. The molecule has 1 aliphatic heterocycles. The number of carbonyl (C=O) groups excluding carboxylic acids is 1. The van der Waals surface area contributed by atoms with E-state index in [0.717, 1.165) is 51.7 Å². The topological polar surface area (TPSA) is 58.4 Å². The van der Waals surface area contributed by atoms with Gasteiger partial charge in [-0.2, -0.15) is 0 Å². The predicted molar refractivity (Wildman–Crippen MR) is 98.1 cm³/mol. The first-order valence-electron chi connectivity index (χ1n) is 8.02. The van der Waals surface area contributed by atoms with E-state index in [1.165, 1.54) is 5.56 Å². The number of nitrogens with one attached hydrogen (secondary N) is 1. The lowest BCUT2D eigenvalue weighted by Gasteiger charge is -2.25. The Labute approximate surface area is 151 Å². The summed E-state index contributed by atoms with van der Waals surface area (Å²) in [5.41, 5.74) is 6.94. The summed E-state index contributed by atoms with van der Waals surface area (Å²) in [6.07, 6.45) is 4.84. The van der Waals surface area contributed by atoms with Crippen molar-refractivity contribution in [1.29, 1.82) is 0 Å². The number of halogens is 2. The Balaban J connectivity index is 0.00000132. The molecular weight excluding hydrogens is 333 g/mol. The molecular formula is C17H27Cl2N3O. The first-order chi connectivity index (χ1) is 10.2. The number of nitrogens with zero attached hydrogens (tertiary/aromatic N) is 1. The SMILES string of the molecule is Cl.Cl.NC1(C(=O)NC2CCN(Cc3ccccc3)C2)CCCC1. The van der Waals surface area contributed by atoms with Gasteiger partial charge in [0, 0.05) is 25.7 Å². The first-order valence-corrected chi connectivity index (χ1v) is 8.02. The molecule has 0 spiro atoms. The summed E-state index contributed by atoms with van der Waals surface area (Å²) in [6, 6.07) is 10.7. The van der Waals surface area contributed by atoms with Crippen LogP contribution in [0.5, 0.6) is 0 Å². The molecule has 4 nitrogen and oxygen atoms in total. The second kappa shape index (κ2) is 8.88. The van der Waals surface area contributed by atoms with Gasteiger partial charge in [-0.15, -0.1) is 24.8 Å². The van der Waals surface area contributed by atoms with Gasteiger partial charge in [0.2, 0.25) is 5.91 Å². The van der Waals surface area contributed by atoms with Gasteiger partial charge in [-0.05, 0) is 24.8 Å². The van der Waals surface area contributed by atoms with E-state index in [2.05, 4.69) is 34.5 Å². The number of carbonyl (C=O) groups is 1. The van der Waals surface area contributed by atoms with Crippen LogP contribution >= 0.6 is 24.8 Å². The Morgan fingerprint density at radius 1 is 1.22 bits per heavy atom. The van der Waals surface area contributed by atoms with E-state index in [9.17, 15) is 4.79 Å². The normalized spacial score (nSPS) is 22.9. The molecule has 1 saturated heterocycles. The molecule has 1 aromatic carbocycles. The maximum atomic E-state index is 12.3. The number of benzene rings is 1. The highest BCUT2D eigenvalue weighted by Crippen LogP contribution is 2.27. The number of amides is 1. The molecule has 0 bridgehead atoms. The van der Waals surface area contributed by atoms with Gasteiger partial charge in [0.1, 0.15) is 0 Å². The largest absolute Gasteiger partial charge is 0.350 e. The third-order valence-corrected chi connectivity index (χ3v) is 4.80. The van der Waals surface area contributed by atoms with Crippen molar-refractivity contribution in [2.24, 2.45) is 5.73 Å². The smallest absolute Gasteiger partial charge is 0.240 e. The van der Waals surface area contributed by atoms with E-state index in [-0.39, 0.29) is 36.8 Å². The van der Waals surface area contributed by atoms with Crippen LogP contribution in [0.4, 0.5) is 0 Å². The number of hydrogen-bond acceptors (Lipinski definition) is 3. The quantitative estimate of drug-likeness (QED) is 0.867. The van der Waals surface area contributed by atoms with Crippen molar-refractivity contribution in [2.75, 3.05) is 13.1 Å². The summed E-state index contributed by atoms with van der Waals surface area (Å²) in [6.45, 7) is 2.93. The Hall–Kier alpha value is -0.810. The fourth-order valence-electron chi connectivity index (χ4n) is 3.50. The minimum Gasteiger partial charge on any atom is -0.350 e. The summed E-state index contributed by atoms with van der Waals surface area (Å²) >= 11 is 0. The maximum Gasteiger partial charge on any atom is 0.240 e. The lowest BCUT2D eigenvalue weighted by Crippen LogP contribution is -2.54. The molecule has 6 heteroatoms. The van der Waals surface area contributed by atoms with Crippen LogP contribution in [0.15, 0.2) is 30.3 Å². The predicted octanol–water partition coefficient (Wildman–Crippen LogP) is 2.49. The Morgan fingerprint density at radius 3 is 2.52 bits per heavy atom. The van der Waals surface area contributed by atoms with Crippen molar-refractivity contribution in [3.05, 3.63) is 35.9 Å². The summed E-state index contributed by atoms with van der Waals surface area (Å²) in [5.74, 6) is 0.0616. The summed E-state index contributed by atoms with van der Waals surface area (Å²) in [4.78, 5) is 14.7. The van der Waals surface area contributed by atoms with E-state index in [1.54, 1.807) is 0 Å². The molecule has 2 aliphatic rings. The van der Waals surface area contributed by atoms with Gasteiger partial charge in [-0.1, -0.05) is 43.2 Å². The van der Waals surface area contributed by atoms with E-state index in [1.807, 2.05) is 6.07 Å². The monoisotopic (exact) mass is 359 g/mol. The van der Waals surface area contributed by atoms with Crippen molar-refractivity contribution in [3.63, 3.8) is 0 Å². The number of hydrogen-bond donors (Lipinski definition) is 2. The fourth-order valence-corrected chi connectivity index (χ4v) is 3.50. The molecule has 2 fully saturated rings. The van der Waals surface area contributed by atoms with E-state index < -0.39 is 5.54 Å². The highest BCUT2D eigenvalue weighted by molar-refractivity contribution is 5.86. The van der Waals surface area contributed by atoms with Crippen LogP contribution in [-0.2, 0) is 11.3 Å². The standard InChI is InChI=1S/C17H25N3O.2ClH/c18-17(9-4-5-10-17)16(21)19-15-8-11-20(13-15)12-14-6-2-1-3-7-14;;/h1-3,6-7,15H,4-5,8-13,18H2,(H,19,21);2*1H. The lowest BCUT2D eigenvalue weighted by molar-refractivity contribution is -0.126. The maximum absolute atomic E-state index is 12.3. The number of nitrogens with two attached hydrogens (primary N) is 1. The van der Waals surface area contributed by atoms with Gasteiger partial charge in [-0.3, -0.25) is 9.69 Å². The molecule has 0 aromatic heterocycles. The Morgan fingerprint density at radius 2 is 1.87 bits per heavy atom. The van der Waals surface area contributed by atoms with Crippen molar-refractivity contribution < 1.29 is 4.79 Å². The molecule has 1 atom stereocenters. The van der Waals surface area contributed by atoms with Crippen molar-refractivity contribution in [3.8, 4) is 0 Å². The summed E-state index contributed by atoms with van der Waals surface area (Å²) < 4.78 is 0. The minimum atomic E-state index is -0.604. The van der Waals surface area contributed by atoms with Gasteiger partial charge in [0.05, 0.1) is 5.54 Å². The Kier molecular flexibility index (Phi) is 7.81. The van der Waals surface area contributed by atoms with Gasteiger partial charge >= 0.3 is 0 Å². The van der Waals surface area contributed by atoms with Gasteiger partial charge in [0.15, 0.2) is 0 Å². The van der Waals surface area contributed by atoms with Crippen LogP contribution in [0, 0.1) is 0 Å². The average Bonchev–Trinajstić information content (AvgIpc) is 3.10. The van der Waals surface area contributed by atoms with Gasteiger partial charge < -0.3 is 11.1 Å². The summed E-state index contributed by atoms with van der Waals surface area (Å²) in [7, 11) is 0. The second-order valence-corrected chi connectivity index (χ2v) is 6.54. The highest BCUT2D eigenvalue weighted by Gasteiger charge is 2.38. The van der Waals surface area contributed by atoms with Crippen LogP contribution in [-0.4, -0.2) is 35.5 Å². The van der Waals surface area contributed by atoms with E-state index >= 15 is 0 Å². The van der Waals surface area contributed by atoms with Crippen LogP contribution in [0.3, 0.4) is 0 Å². The van der Waals surface area contributed by atoms with Gasteiger partial charge in [0.25, 0.3) is 0 Å².